The number of fused-ring (bicyclic) bond motifs is 1. The quantitative estimate of drug-likeness (QED) is 0.798. The summed E-state index contributed by atoms with van der Waals surface area (Å²) in [6.07, 6.45) is 5.22. The highest BCUT2D eigenvalue weighted by Crippen LogP contribution is 2.30. The van der Waals surface area contributed by atoms with E-state index in [2.05, 4.69) is 4.98 Å². The van der Waals surface area contributed by atoms with Crippen molar-refractivity contribution >= 4 is 11.6 Å². The van der Waals surface area contributed by atoms with E-state index in [0.717, 1.165) is 55.8 Å². The average molecular weight is 327 g/mol. The summed E-state index contributed by atoms with van der Waals surface area (Å²) in [4.78, 5) is 17.3. The molecule has 1 aromatic heterocycles. The molecular weight excluding hydrogens is 304 g/mol. The minimum Gasteiger partial charge on any atom is -0.353 e. The zero-order chi connectivity index (χ0) is 15.5. The van der Waals surface area contributed by atoms with Gasteiger partial charge in [-0.05, 0) is 45.4 Å². The zero-order valence-corrected chi connectivity index (χ0v) is 13.8. The molecule has 0 bridgehead atoms. The molecule has 0 saturated carbocycles. The minimum atomic E-state index is -0.162. The van der Waals surface area contributed by atoms with Crippen LogP contribution in [0.15, 0.2) is 4.79 Å². The Morgan fingerprint density at radius 3 is 2.95 bits per heavy atom. The van der Waals surface area contributed by atoms with Gasteiger partial charge in [0.05, 0.1) is 0 Å². The minimum absolute atomic E-state index is 0.0426. The van der Waals surface area contributed by atoms with Crippen molar-refractivity contribution in [1.29, 1.82) is 0 Å². The first-order valence-electron chi connectivity index (χ1n) is 8.14. The topological polar surface area (TPSA) is 53.4 Å². The molecule has 2 atom stereocenters. The monoisotopic (exact) mass is 326 g/mol. The van der Waals surface area contributed by atoms with Gasteiger partial charge < -0.3 is 9.47 Å². The molecule has 22 heavy (non-hydrogen) atoms. The van der Waals surface area contributed by atoms with Crippen LogP contribution < -0.4 is 5.56 Å². The van der Waals surface area contributed by atoms with E-state index in [1.807, 2.05) is 6.92 Å². The third-order valence-electron chi connectivity index (χ3n) is 4.43. The number of hydrogen-bond acceptors (Lipinski definition) is 4. The maximum atomic E-state index is 12.6. The van der Waals surface area contributed by atoms with E-state index in [4.69, 9.17) is 21.1 Å². The summed E-state index contributed by atoms with van der Waals surface area (Å²) >= 11 is 5.80. The fraction of sp³-hybridized carbons (Fsp3) is 0.750. The molecular formula is C16H23ClN2O3. The lowest BCUT2D eigenvalue weighted by Crippen LogP contribution is -2.36. The number of halogens is 1. The van der Waals surface area contributed by atoms with E-state index in [1.165, 1.54) is 0 Å². The summed E-state index contributed by atoms with van der Waals surface area (Å²) in [5.41, 5.74) is 1.55. The molecule has 0 radical (unpaired) electrons. The van der Waals surface area contributed by atoms with E-state index < -0.39 is 0 Å². The van der Waals surface area contributed by atoms with Crippen LogP contribution in [0, 0.1) is 6.92 Å². The summed E-state index contributed by atoms with van der Waals surface area (Å²) in [6.45, 7) is 3.35. The number of hydrogen-bond donors (Lipinski definition) is 0. The molecule has 6 heteroatoms. The van der Waals surface area contributed by atoms with Gasteiger partial charge in [0.1, 0.15) is 11.9 Å². The SMILES string of the molecule is Cc1nc2n(c(=O)c1CCCl)CCCC2OC1CCCCO1. The van der Waals surface area contributed by atoms with Crippen molar-refractivity contribution in [3.63, 3.8) is 0 Å². The molecule has 0 spiro atoms. The molecule has 0 N–H and O–H groups in total. The van der Waals surface area contributed by atoms with Gasteiger partial charge in [0, 0.05) is 30.3 Å². The molecule has 2 aliphatic heterocycles. The molecule has 0 aliphatic carbocycles. The lowest BCUT2D eigenvalue weighted by molar-refractivity contribution is -0.195. The first-order valence-corrected chi connectivity index (χ1v) is 8.67. The summed E-state index contributed by atoms with van der Waals surface area (Å²) < 4.78 is 13.5. The highest BCUT2D eigenvalue weighted by molar-refractivity contribution is 6.17. The van der Waals surface area contributed by atoms with Crippen molar-refractivity contribution in [2.24, 2.45) is 0 Å². The van der Waals surface area contributed by atoms with E-state index in [0.29, 0.717) is 18.8 Å². The van der Waals surface area contributed by atoms with E-state index in [1.54, 1.807) is 4.57 Å². The Kier molecular flexibility index (Phi) is 5.16. The molecule has 1 aromatic rings. The van der Waals surface area contributed by atoms with Gasteiger partial charge in [-0.1, -0.05) is 0 Å². The average Bonchev–Trinajstić information content (AvgIpc) is 2.53. The van der Waals surface area contributed by atoms with Crippen molar-refractivity contribution in [2.45, 2.75) is 64.4 Å². The zero-order valence-electron chi connectivity index (χ0n) is 13.0. The van der Waals surface area contributed by atoms with Crippen LogP contribution in [0.5, 0.6) is 0 Å². The van der Waals surface area contributed by atoms with Crippen LogP contribution in [-0.4, -0.2) is 28.3 Å². The molecule has 0 amide bonds. The summed E-state index contributed by atoms with van der Waals surface area (Å²) in [7, 11) is 0. The molecule has 5 nitrogen and oxygen atoms in total. The highest BCUT2D eigenvalue weighted by atomic mass is 35.5. The number of ether oxygens (including phenoxy) is 2. The van der Waals surface area contributed by atoms with E-state index >= 15 is 0 Å². The van der Waals surface area contributed by atoms with Crippen molar-refractivity contribution in [3.8, 4) is 0 Å². The summed E-state index contributed by atoms with van der Waals surface area (Å²) in [5.74, 6) is 1.19. The number of aryl methyl sites for hydroxylation is 1. The Hall–Kier alpha value is -0.910. The first kappa shape index (κ1) is 16.0. The van der Waals surface area contributed by atoms with Crippen LogP contribution in [0.25, 0.3) is 0 Å². The Morgan fingerprint density at radius 1 is 1.36 bits per heavy atom. The van der Waals surface area contributed by atoms with Gasteiger partial charge in [-0.2, -0.15) is 0 Å². The van der Waals surface area contributed by atoms with Crippen molar-refractivity contribution < 1.29 is 9.47 Å². The maximum absolute atomic E-state index is 12.6. The number of aromatic nitrogens is 2. The molecule has 3 heterocycles. The second-order valence-electron chi connectivity index (χ2n) is 5.99. The highest BCUT2D eigenvalue weighted by Gasteiger charge is 2.28. The number of alkyl halides is 1. The Balaban J connectivity index is 1.87. The van der Waals surface area contributed by atoms with Crippen LogP contribution in [0.2, 0.25) is 0 Å². The van der Waals surface area contributed by atoms with Crippen LogP contribution >= 0.6 is 11.6 Å². The molecule has 1 saturated heterocycles. The van der Waals surface area contributed by atoms with Gasteiger partial charge in [-0.3, -0.25) is 9.36 Å². The van der Waals surface area contributed by atoms with Crippen LogP contribution in [0.4, 0.5) is 0 Å². The molecule has 122 valence electrons. The maximum Gasteiger partial charge on any atom is 0.257 e. The first-order chi connectivity index (χ1) is 10.7. The Bertz CT molecular complexity index is 581. The Morgan fingerprint density at radius 2 is 2.23 bits per heavy atom. The van der Waals surface area contributed by atoms with E-state index in [-0.39, 0.29) is 18.0 Å². The van der Waals surface area contributed by atoms with Crippen LogP contribution in [0.1, 0.15) is 55.3 Å². The van der Waals surface area contributed by atoms with Gasteiger partial charge in [0.2, 0.25) is 0 Å². The second-order valence-corrected chi connectivity index (χ2v) is 6.37. The van der Waals surface area contributed by atoms with Gasteiger partial charge >= 0.3 is 0 Å². The normalized spacial score (nSPS) is 25.0. The smallest absolute Gasteiger partial charge is 0.257 e. The Labute approximate surface area is 135 Å². The molecule has 2 aliphatic rings. The lowest BCUT2D eigenvalue weighted by Gasteiger charge is -2.31. The third kappa shape index (κ3) is 3.21. The molecule has 2 unspecified atom stereocenters. The lowest BCUT2D eigenvalue weighted by atomic mass is 10.1. The van der Waals surface area contributed by atoms with Gasteiger partial charge in [-0.15, -0.1) is 11.6 Å². The fourth-order valence-electron chi connectivity index (χ4n) is 3.26. The number of rotatable bonds is 4. The van der Waals surface area contributed by atoms with Gasteiger partial charge in [0.25, 0.3) is 5.56 Å². The molecule has 1 fully saturated rings. The van der Waals surface area contributed by atoms with Gasteiger partial charge in [-0.25, -0.2) is 4.98 Å². The van der Waals surface area contributed by atoms with Crippen molar-refractivity contribution in [1.82, 2.24) is 9.55 Å². The molecule has 0 aromatic carbocycles. The standard InChI is InChI=1S/C16H23ClN2O3/c1-11-12(7-8-17)16(20)19-9-4-5-13(15(19)18-11)22-14-6-2-3-10-21-14/h13-14H,2-10H2,1H3. The number of nitrogens with zero attached hydrogens (tertiary/aromatic N) is 2. The largest absolute Gasteiger partial charge is 0.353 e. The summed E-state index contributed by atoms with van der Waals surface area (Å²) in [6, 6.07) is 0. The predicted octanol–water partition coefficient (Wildman–Crippen LogP) is 2.71. The van der Waals surface area contributed by atoms with Crippen LogP contribution in [-0.2, 0) is 22.4 Å². The third-order valence-corrected chi connectivity index (χ3v) is 4.62. The summed E-state index contributed by atoms with van der Waals surface area (Å²) in [5, 5.41) is 0. The van der Waals surface area contributed by atoms with Crippen molar-refractivity contribution in [3.05, 3.63) is 27.4 Å². The second kappa shape index (κ2) is 7.11. The van der Waals surface area contributed by atoms with Crippen molar-refractivity contribution in [2.75, 3.05) is 12.5 Å². The van der Waals surface area contributed by atoms with E-state index in [9.17, 15) is 4.79 Å². The predicted molar refractivity (Wildman–Crippen MR) is 84.3 cm³/mol. The van der Waals surface area contributed by atoms with Crippen LogP contribution in [0.3, 0.4) is 0 Å². The molecule has 3 rings (SSSR count). The van der Waals surface area contributed by atoms with Gasteiger partial charge in [0.15, 0.2) is 6.29 Å². The fourth-order valence-corrected chi connectivity index (χ4v) is 3.45.